The highest BCUT2D eigenvalue weighted by Crippen LogP contribution is 2.37. The van der Waals surface area contributed by atoms with Gasteiger partial charge in [0, 0.05) is 5.56 Å². The Balaban J connectivity index is 0.000000527. The number of amides is 1. The maximum Gasteiger partial charge on any atom is 0.332 e. The first-order valence-electron chi connectivity index (χ1n) is 10.4. The number of Topliss-reactive ketones (excluding diaryl/α,β-unsaturated/α-hetero) is 1. The second-order valence-electron chi connectivity index (χ2n) is 7.78. The van der Waals surface area contributed by atoms with E-state index in [0.717, 1.165) is 25.1 Å². The van der Waals surface area contributed by atoms with Crippen LogP contribution in [0.15, 0.2) is 72.8 Å². The van der Waals surface area contributed by atoms with Crippen molar-refractivity contribution in [1.29, 1.82) is 0 Å². The lowest BCUT2D eigenvalue weighted by Crippen LogP contribution is -2.31. The lowest BCUT2D eigenvalue weighted by molar-refractivity contribution is -0.135. The minimum Gasteiger partial charge on any atom is -0.345 e. The fourth-order valence-corrected chi connectivity index (χ4v) is 3.08. The fraction of sp³-hybridized carbons (Fsp3) is 0.231. The molecular formula is C26H23F6NO2. The highest BCUT2D eigenvalue weighted by molar-refractivity contribution is 5.97. The van der Waals surface area contributed by atoms with E-state index in [1.807, 2.05) is 18.2 Å². The first kappa shape index (κ1) is 27.6. The number of carbonyl (C=O) groups is 2. The van der Waals surface area contributed by atoms with E-state index in [9.17, 15) is 35.9 Å². The maximum absolute atomic E-state index is 13.9. The van der Waals surface area contributed by atoms with Crippen LogP contribution < -0.4 is 5.32 Å². The third kappa shape index (κ3) is 8.27. The number of alkyl halides is 4. The summed E-state index contributed by atoms with van der Waals surface area (Å²) in [4.78, 5) is 23.1. The molecule has 0 spiro atoms. The van der Waals surface area contributed by atoms with Gasteiger partial charge in [0.1, 0.15) is 17.4 Å². The largest absolute Gasteiger partial charge is 0.345 e. The Morgan fingerprint density at radius 1 is 0.857 bits per heavy atom. The predicted molar refractivity (Wildman–Crippen MR) is 119 cm³/mol. The molecular weight excluding hydrogens is 472 g/mol. The Morgan fingerprint density at radius 3 is 1.94 bits per heavy atom. The lowest BCUT2D eigenvalue weighted by atomic mass is 9.95. The van der Waals surface area contributed by atoms with Gasteiger partial charge in [-0.3, -0.25) is 9.59 Å². The number of ketones is 1. The first-order valence-corrected chi connectivity index (χ1v) is 10.4. The average molecular weight is 495 g/mol. The predicted octanol–water partition coefficient (Wildman–Crippen LogP) is 6.50. The quantitative estimate of drug-likeness (QED) is 0.300. The monoisotopic (exact) mass is 495 g/mol. The summed E-state index contributed by atoms with van der Waals surface area (Å²) in [6.45, 7) is 3.23. The molecule has 3 rings (SSSR count). The molecule has 3 nitrogen and oxygen atoms in total. The van der Waals surface area contributed by atoms with Crippen molar-refractivity contribution in [3.05, 3.63) is 107 Å². The minimum atomic E-state index is -4.62. The van der Waals surface area contributed by atoms with Crippen LogP contribution in [0.25, 0.3) is 0 Å². The van der Waals surface area contributed by atoms with Crippen molar-refractivity contribution in [3.8, 4) is 0 Å². The molecule has 0 aliphatic rings. The van der Waals surface area contributed by atoms with Crippen molar-refractivity contribution in [2.75, 3.05) is 0 Å². The van der Waals surface area contributed by atoms with Gasteiger partial charge >= 0.3 is 12.3 Å². The zero-order valence-corrected chi connectivity index (χ0v) is 18.9. The van der Waals surface area contributed by atoms with Gasteiger partial charge < -0.3 is 5.32 Å². The Hall–Kier alpha value is -3.62. The van der Waals surface area contributed by atoms with Crippen LogP contribution in [0.4, 0.5) is 26.3 Å². The summed E-state index contributed by atoms with van der Waals surface area (Å²) in [5.41, 5.74) is -0.0398. The van der Waals surface area contributed by atoms with E-state index in [4.69, 9.17) is 0 Å². The van der Waals surface area contributed by atoms with Crippen molar-refractivity contribution < 1.29 is 35.9 Å². The third-order valence-corrected chi connectivity index (χ3v) is 4.77. The molecule has 3 aromatic rings. The SMILES string of the molecule is CC(=O)CC(=O)NC(c1ccc(F)cc1)c1cc(F)cc(C(F)(F)C(F)F)c1.Cc1ccccc1. The fourth-order valence-electron chi connectivity index (χ4n) is 3.08. The molecule has 186 valence electrons. The number of hydrogen-bond acceptors (Lipinski definition) is 2. The number of aryl methyl sites for hydroxylation is 1. The second-order valence-corrected chi connectivity index (χ2v) is 7.78. The van der Waals surface area contributed by atoms with Crippen LogP contribution in [-0.2, 0) is 15.5 Å². The molecule has 0 aliphatic carbocycles. The van der Waals surface area contributed by atoms with Crippen LogP contribution >= 0.6 is 0 Å². The van der Waals surface area contributed by atoms with E-state index in [1.165, 1.54) is 17.7 Å². The molecule has 0 aromatic heterocycles. The Kier molecular flexibility index (Phi) is 9.62. The molecule has 1 N–H and O–H groups in total. The smallest absolute Gasteiger partial charge is 0.332 e. The summed E-state index contributed by atoms with van der Waals surface area (Å²) >= 11 is 0. The van der Waals surface area contributed by atoms with Crippen LogP contribution in [-0.4, -0.2) is 18.1 Å². The van der Waals surface area contributed by atoms with Crippen molar-refractivity contribution >= 4 is 11.7 Å². The number of nitrogens with one attached hydrogen (secondary N) is 1. The number of benzene rings is 3. The summed E-state index contributed by atoms with van der Waals surface area (Å²) in [5, 5.41) is 2.35. The molecule has 0 fully saturated rings. The molecule has 9 heteroatoms. The maximum atomic E-state index is 13.9. The van der Waals surface area contributed by atoms with Gasteiger partial charge in [-0.15, -0.1) is 0 Å². The van der Waals surface area contributed by atoms with E-state index < -0.39 is 53.7 Å². The molecule has 1 atom stereocenters. The van der Waals surface area contributed by atoms with Crippen molar-refractivity contribution in [2.24, 2.45) is 0 Å². The van der Waals surface area contributed by atoms with Crippen LogP contribution in [0.1, 0.15) is 41.6 Å². The molecule has 3 aromatic carbocycles. The number of halogens is 6. The molecule has 35 heavy (non-hydrogen) atoms. The van der Waals surface area contributed by atoms with Crippen LogP contribution in [0.5, 0.6) is 0 Å². The van der Waals surface area contributed by atoms with Crippen LogP contribution in [0.3, 0.4) is 0 Å². The molecule has 1 unspecified atom stereocenters. The molecule has 0 radical (unpaired) electrons. The topological polar surface area (TPSA) is 46.2 Å². The van der Waals surface area contributed by atoms with Gasteiger partial charge in [-0.25, -0.2) is 17.6 Å². The van der Waals surface area contributed by atoms with Gasteiger partial charge in [0.05, 0.1) is 12.5 Å². The molecule has 0 heterocycles. The van der Waals surface area contributed by atoms with E-state index in [1.54, 1.807) is 0 Å². The van der Waals surface area contributed by atoms with Gasteiger partial charge in [-0.05, 0) is 55.3 Å². The first-order chi connectivity index (χ1) is 16.4. The highest BCUT2D eigenvalue weighted by Gasteiger charge is 2.43. The zero-order valence-electron chi connectivity index (χ0n) is 18.9. The standard InChI is InChI=1S/C19H15F6NO2.C7H8/c1-10(27)6-16(28)26-17(11-2-4-14(20)5-3-11)12-7-13(9-15(21)8-12)19(24,25)18(22)23;1-7-5-3-2-4-6-7/h2-5,7-9,17-18H,6H2,1H3,(H,26,28);2-6H,1H3. The summed E-state index contributed by atoms with van der Waals surface area (Å²) in [6, 6.07) is 15.2. The number of carbonyl (C=O) groups excluding carboxylic acids is 2. The van der Waals surface area contributed by atoms with Crippen LogP contribution in [0, 0.1) is 18.6 Å². The van der Waals surface area contributed by atoms with E-state index in [0.29, 0.717) is 6.07 Å². The molecule has 0 bridgehead atoms. The molecule has 0 saturated carbocycles. The number of rotatable bonds is 7. The van der Waals surface area contributed by atoms with Gasteiger partial charge in [0.25, 0.3) is 0 Å². The third-order valence-electron chi connectivity index (χ3n) is 4.77. The van der Waals surface area contributed by atoms with Crippen molar-refractivity contribution in [2.45, 2.75) is 38.7 Å². The average Bonchev–Trinajstić information content (AvgIpc) is 2.78. The number of hydrogen-bond donors (Lipinski definition) is 1. The summed E-state index contributed by atoms with van der Waals surface area (Å²) in [7, 11) is 0. The van der Waals surface area contributed by atoms with Crippen LogP contribution in [0.2, 0.25) is 0 Å². The summed E-state index contributed by atoms with van der Waals surface area (Å²) < 4.78 is 79.8. The van der Waals surface area contributed by atoms with Crippen molar-refractivity contribution in [3.63, 3.8) is 0 Å². The normalized spacial score (nSPS) is 11.9. The van der Waals surface area contributed by atoms with Crippen molar-refractivity contribution in [1.82, 2.24) is 5.32 Å². The van der Waals surface area contributed by atoms with E-state index >= 15 is 0 Å². The van der Waals surface area contributed by atoms with E-state index in [2.05, 4.69) is 24.4 Å². The minimum absolute atomic E-state index is 0.176. The second kappa shape index (κ2) is 12.2. The molecule has 0 aliphatic heterocycles. The Labute approximate surface area is 198 Å². The van der Waals surface area contributed by atoms with Gasteiger partial charge in [-0.2, -0.15) is 8.78 Å². The molecule has 0 saturated heterocycles. The lowest BCUT2D eigenvalue weighted by Gasteiger charge is -2.22. The highest BCUT2D eigenvalue weighted by atomic mass is 19.3. The summed E-state index contributed by atoms with van der Waals surface area (Å²) in [6.07, 6.45) is -4.61. The Bertz CT molecular complexity index is 1130. The zero-order chi connectivity index (χ0) is 26.2. The Morgan fingerprint density at radius 2 is 1.46 bits per heavy atom. The summed E-state index contributed by atoms with van der Waals surface area (Å²) in [5.74, 6) is -7.75. The van der Waals surface area contributed by atoms with E-state index in [-0.39, 0.29) is 17.2 Å². The van der Waals surface area contributed by atoms with Gasteiger partial charge in [0.15, 0.2) is 0 Å². The van der Waals surface area contributed by atoms with Gasteiger partial charge in [0.2, 0.25) is 5.91 Å². The van der Waals surface area contributed by atoms with Gasteiger partial charge in [-0.1, -0.05) is 48.0 Å². The molecule has 1 amide bonds.